The van der Waals surface area contributed by atoms with E-state index in [9.17, 15) is 14.4 Å². The van der Waals surface area contributed by atoms with Crippen LogP contribution in [0.15, 0.2) is 0 Å². The maximum absolute atomic E-state index is 17.7. The van der Waals surface area contributed by atoms with Gasteiger partial charge in [0.1, 0.15) is 23.0 Å². The highest BCUT2D eigenvalue weighted by Gasteiger charge is 2.75. The van der Waals surface area contributed by atoms with Crippen molar-refractivity contribution in [1.29, 1.82) is 0 Å². The second kappa shape index (κ2) is 6.98. The van der Waals surface area contributed by atoms with Crippen molar-refractivity contribution in [2.45, 2.75) is 118 Å². The lowest BCUT2D eigenvalue weighted by Crippen LogP contribution is -2.72. The quantitative estimate of drug-likeness (QED) is 0.487. The molecule has 0 heterocycles. The molecule has 0 saturated heterocycles. The van der Waals surface area contributed by atoms with Crippen LogP contribution in [0.1, 0.15) is 113 Å². The van der Waals surface area contributed by atoms with Crippen LogP contribution in [0, 0.1) is 38.9 Å². The van der Waals surface area contributed by atoms with Gasteiger partial charge in [-0.3, -0.25) is 9.59 Å². The summed E-state index contributed by atoms with van der Waals surface area (Å²) in [5, 5.41) is 0. The van der Waals surface area contributed by atoms with Crippen molar-refractivity contribution in [2.24, 2.45) is 38.9 Å². The number of ketones is 3. The van der Waals surface area contributed by atoms with Crippen LogP contribution in [0.2, 0.25) is 0 Å². The standard InChI is InChI=1S/C28H43FO3/c1-18(30)8-11-24(4)19-9-13-28(29)20-16-23(2,3)17-22(32)25(20,5)14-15-27(28,7)26(19,6)12-10-21(24)31/h19-20H,8-17H2,1-7H3/t19-,20-,24-,25-,26-,27+,28+/m1/s1. The van der Waals surface area contributed by atoms with Crippen molar-refractivity contribution >= 4 is 17.3 Å². The number of carbonyl (C=O) groups excluding carboxylic acids is 3. The van der Waals surface area contributed by atoms with Gasteiger partial charge in [0, 0.05) is 41.4 Å². The number of hydrogen-bond donors (Lipinski definition) is 0. The Morgan fingerprint density at radius 1 is 0.938 bits per heavy atom. The van der Waals surface area contributed by atoms with E-state index < -0.39 is 21.9 Å². The van der Waals surface area contributed by atoms with Crippen LogP contribution in [-0.2, 0) is 14.4 Å². The zero-order valence-corrected chi connectivity index (χ0v) is 21.3. The van der Waals surface area contributed by atoms with Crippen molar-refractivity contribution in [3.8, 4) is 0 Å². The zero-order chi connectivity index (χ0) is 24.0. The van der Waals surface area contributed by atoms with Crippen molar-refractivity contribution in [1.82, 2.24) is 0 Å². The fourth-order valence-electron chi connectivity index (χ4n) is 9.11. The molecule has 180 valence electrons. The first-order valence-electron chi connectivity index (χ1n) is 12.8. The molecule has 0 bridgehead atoms. The van der Waals surface area contributed by atoms with Crippen molar-refractivity contribution in [2.75, 3.05) is 0 Å². The summed E-state index contributed by atoms with van der Waals surface area (Å²) in [6.07, 6.45) is 6.02. The average molecular weight is 447 g/mol. The molecule has 3 nitrogen and oxygen atoms in total. The van der Waals surface area contributed by atoms with Gasteiger partial charge in [-0.2, -0.15) is 0 Å². The van der Waals surface area contributed by atoms with E-state index in [1.165, 1.54) is 0 Å². The van der Waals surface area contributed by atoms with Gasteiger partial charge in [0.25, 0.3) is 0 Å². The number of fused-ring (bicyclic) bond motifs is 5. The molecule has 0 amide bonds. The Labute approximate surface area is 193 Å². The van der Waals surface area contributed by atoms with Crippen LogP contribution in [0.25, 0.3) is 0 Å². The normalized spacial score (nSPS) is 50.2. The summed E-state index contributed by atoms with van der Waals surface area (Å²) >= 11 is 0. The van der Waals surface area contributed by atoms with Gasteiger partial charge in [-0.15, -0.1) is 0 Å². The second-order valence-electron chi connectivity index (χ2n) is 13.7. The highest BCUT2D eigenvalue weighted by atomic mass is 19.1. The third-order valence-corrected chi connectivity index (χ3v) is 11.5. The van der Waals surface area contributed by atoms with Gasteiger partial charge in [0.05, 0.1) is 0 Å². The molecular weight excluding hydrogens is 403 g/mol. The van der Waals surface area contributed by atoms with Crippen LogP contribution in [0.4, 0.5) is 4.39 Å². The minimum atomic E-state index is -1.40. The monoisotopic (exact) mass is 446 g/mol. The van der Waals surface area contributed by atoms with E-state index in [1.807, 2.05) is 6.92 Å². The molecule has 4 fully saturated rings. The van der Waals surface area contributed by atoms with E-state index in [4.69, 9.17) is 0 Å². The smallest absolute Gasteiger partial charge is 0.139 e. The maximum Gasteiger partial charge on any atom is 0.139 e. The van der Waals surface area contributed by atoms with E-state index in [0.29, 0.717) is 44.9 Å². The molecular formula is C28H43FO3. The first kappa shape index (κ1) is 24.1. The second-order valence-corrected chi connectivity index (χ2v) is 13.7. The molecule has 4 aliphatic rings. The summed E-state index contributed by atoms with van der Waals surface area (Å²) in [4.78, 5) is 38.3. The summed E-state index contributed by atoms with van der Waals surface area (Å²) in [6.45, 7) is 14.3. The third-order valence-electron chi connectivity index (χ3n) is 11.5. The lowest BCUT2D eigenvalue weighted by Gasteiger charge is -2.72. The number of Topliss-reactive ketones (excluding diaryl/α,β-unsaturated/α-hetero) is 3. The predicted octanol–water partition coefficient (Wildman–Crippen LogP) is 6.66. The van der Waals surface area contributed by atoms with E-state index in [-0.39, 0.29) is 40.0 Å². The first-order valence-corrected chi connectivity index (χ1v) is 12.8. The van der Waals surface area contributed by atoms with Crippen molar-refractivity contribution in [3.63, 3.8) is 0 Å². The molecule has 0 aromatic rings. The Hall–Kier alpha value is -1.06. The summed E-state index contributed by atoms with van der Waals surface area (Å²) in [5.41, 5.74) is -3.60. The number of carbonyl (C=O) groups is 3. The van der Waals surface area contributed by atoms with Crippen LogP contribution in [0.3, 0.4) is 0 Å². The first-order chi connectivity index (χ1) is 14.6. The van der Waals surface area contributed by atoms with E-state index in [0.717, 1.165) is 19.3 Å². The maximum atomic E-state index is 17.7. The topological polar surface area (TPSA) is 51.2 Å². The van der Waals surface area contributed by atoms with Gasteiger partial charge >= 0.3 is 0 Å². The lowest BCUT2D eigenvalue weighted by atomic mass is 9.33. The van der Waals surface area contributed by atoms with E-state index >= 15 is 4.39 Å². The fraction of sp³-hybridized carbons (Fsp3) is 0.893. The molecule has 0 aromatic heterocycles. The molecule has 0 aliphatic heterocycles. The molecule has 0 aromatic carbocycles. The molecule has 4 heteroatoms. The number of halogens is 1. The highest BCUT2D eigenvalue weighted by molar-refractivity contribution is 5.88. The molecule has 4 saturated carbocycles. The number of hydrogen-bond acceptors (Lipinski definition) is 3. The Balaban J connectivity index is 1.79. The zero-order valence-electron chi connectivity index (χ0n) is 21.3. The summed E-state index contributed by atoms with van der Waals surface area (Å²) in [7, 11) is 0. The molecule has 0 radical (unpaired) electrons. The molecule has 4 rings (SSSR count). The van der Waals surface area contributed by atoms with Crippen LogP contribution < -0.4 is 0 Å². The Kier molecular flexibility index (Phi) is 5.25. The predicted molar refractivity (Wildman–Crippen MR) is 124 cm³/mol. The molecule has 0 unspecified atom stereocenters. The van der Waals surface area contributed by atoms with Gasteiger partial charge < -0.3 is 4.79 Å². The third kappa shape index (κ3) is 2.92. The summed E-state index contributed by atoms with van der Waals surface area (Å²) in [6, 6.07) is 0. The average Bonchev–Trinajstić information content (AvgIpc) is 2.68. The molecule has 7 atom stereocenters. The SMILES string of the molecule is CC(=O)CC[C@@]1(C)C(=O)CC[C@]2(C)[C@@H]1CC[C@]1(F)[C@@H]3CC(C)(C)CC(=O)[C@]3(C)CC[C@@]21C. The highest BCUT2D eigenvalue weighted by Crippen LogP contribution is 2.76. The summed E-state index contributed by atoms with van der Waals surface area (Å²) < 4.78 is 17.7. The largest absolute Gasteiger partial charge is 0.300 e. The molecule has 0 N–H and O–H groups in total. The van der Waals surface area contributed by atoms with Gasteiger partial charge in [-0.1, -0.05) is 41.5 Å². The summed E-state index contributed by atoms with van der Waals surface area (Å²) in [5.74, 6) is 0.440. The van der Waals surface area contributed by atoms with E-state index in [1.54, 1.807) is 6.92 Å². The Bertz CT molecular complexity index is 863. The Morgan fingerprint density at radius 3 is 2.22 bits per heavy atom. The molecule has 0 spiro atoms. The van der Waals surface area contributed by atoms with Gasteiger partial charge in [-0.05, 0) is 68.6 Å². The molecule has 4 aliphatic carbocycles. The Morgan fingerprint density at radius 2 is 1.59 bits per heavy atom. The van der Waals surface area contributed by atoms with Gasteiger partial charge in [0.2, 0.25) is 0 Å². The minimum absolute atomic E-state index is 0.0844. The van der Waals surface area contributed by atoms with E-state index in [2.05, 4.69) is 34.6 Å². The lowest BCUT2D eigenvalue weighted by molar-refractivity contribution is -0.261. The molecule has 32 heavy (non-hydrogen) atoms. The minimum Gasteiger partial charge on any atom is -0.300 e. The fourth-order valence-corrected chi connectivity index (χ4v) is 9.11. The van der Waals surface area contributed by atoms with Crippen molar-refractivity contribution in [3.05, 3.63) is 0 Å². The van der Waals surface area contributed by atoms with Crippen LogP contribution >= 0.6 is 0 Å². The number of alkyl halides is 1. The van der Waals surface area contributed by atoms with Gasteiger partial charge in [0.15, 0.2) is 0 Å². The van der Waals surface area contributed by atoms with Gasteiger partial charge in [-0.25, -0.2) is 4.39 Å². The van der Waals surface area contributed by atoms with Crippen molar-refractivity contribution < 1.29 is 18.8 Å². The van der Waals surface area contributed by atoms with Crippen LogP contribution in [-0.4, -0.2) is 23.0 Å². The van der Waals surface area contributed by atoms with Crippen LogP contribution in [0.5, 0.6) is 0 Å². The number of rotatable bonds is 3.